The average molecular weight is 386 g/mol. The monoisotopic (exact) mass is 386 g/mol. The molecule has 0 heterocycles. The van der Waals surface area contributed by atoms with E-state index in [1.165, 1.54) is 31.4 Å². The van der Waals surface area contributed by atoms with E-state index in [9.17, 15) is 23.1 Å². The van der Waals surface area contributed by atoms with Crippen LogP contribution >= 0.6 is 0 Å². The lowest BCUT2D eigenvalue weighted by atomic mass is 9.97. The zero-order valence-electron chi connectivity index (χ0n) is 15.2. The van der Waals surface area contributed by atoms with Gasteiger partial charge in [-0.25, -0.2) is 13.1 Å². The first-order valence-corrected chi connectivity index (χ1v) is 9.75. The highest BCUT2D eigenvalue weighted by Gasteiger charge is 2.21. The molecule has 1 unspecified atom stereocenters. The van der Waals surface area contributed by atoms with Gasteiger partial charge in [-0.3, -0.25) is 9.59 Å². The zero-order chi connectivity index (χ0) is 19.7. The fraction of sp³-hybridized carbons (Fsp3) is 0.529. The number of amides is 1. The molecule has 0 radical (unpaired) electrons. The Balaban J connectivity index is 2.80. The van der Waals surface area contributed by atoms with Crippen molar-refractivity contribution in [2.75, 3.05) is 26.8 Å². The molecule has 1 atom stereocenters. The molecule has 0 saturated heterocycles. The molecule has 1 amide bonds. The molecular weight excluding hydrogens is 360 g/mol. The smallest absolute Gasteiger partial charge is 0.308 e. The number of nitrogens with one attached hydrogen (secondary N) is 2. The van der Waals surface area contributed by atoms with Gasteiger partial charge in [0.1, 0.15) is 0 Å². The third-order valence-corrected chi connectivity index (χ3v) is 5.08. The van der Waals surface area contributed by atoms with Gasteiger partial charge >= 0.3 is 5.97 Å². The van der Waals surface area contributed by atoms with Crippen LogP contribution in [0.25, 0.3) is 0 Å². The van der Waals surface area contributed by atoms with Gasteiger partial charge in [-0.1, -0.05) is 19.9 Å². The van der Waals surface area contributed by atoms with Crippen LogP contribution in [0.1, 0.15) is 30.6 Å². The quantitative estimate of drug-likeness (QED) is 0.489. The highest BCUT2D eigenvalue weighted by Crippen LogP contribution is 2.13. The van der Waals surface area contributed by atoms with Crippen molar-refractivity contribution in [3.05, 3.63) is 29.8 Å². The van der Waals surface area contributed by atoms with Crippen molar-refractivity contribution in [1.82, 2.24) is 10.0 Å². The largest absolute Gasteiger partial charge is 0.481 e. The molecule has 1 aromatic carbocycles. The number of methoxy groups -OCH3 is 1. The van der Waals surface area contributed by atoms with Crippen molar-refractivity contribution in [2.45, 2.75) is 25.2 Å². The lowest BCUT2D eigenvalue weighted by Crippen LogP contribution is -2.34. The Kier molecular flexibility index (Phi) is 8.70. The maximum absolute atomic E-state index is 12.3. The van der Waals surface area contributed by atoms with Crippen LogP contribution in [0.5, 0.6) is 0 Å². The number of hydrogen-bond acceptors (Lipinski definition) is 5. The van der Waals surface area contributed by atoms with Crippen molar-refractivity contribution < 1.29 is 27.9 Å². The molecule has 1 aromatic rings. The zero-order valence-corrected chi connectivity index (χ0v) is 16.0. The normalized spacial score (nSPS) is 12.8. The Hall–Kier alpha value is -1.97. The van der Waals surface area contributed by atoms with E-state index in [0.717, 1.165) is 0 Å². The van der Waals surface area contributed by atoms with E-state index >= 15 is 0 Å². The van der Waals surface area contributed by atoms with Crippen LogP contribution in [-0.2, 0) is 19.6 Å². The maximum atomic E-state index is 12.3. The van der Waals surface area contributed by atoms with Gasteiger partial charge < -0.3 is 15.2 Å². The maximum Gasteiger partial charge on any atom is 0.308 e. The Morgan fingerprint density at radius 3 is 2.54 bits per heavy atom. The van der Waals surface area contributed by atoms with Crippen molar-refractivity contribution in [2.24, 2.45) is 11.8 Å². The molecule has 8 nitrogen and oxygen atoms in total. The van der Waals surface area contributed by atoms with Gasteiger partial charge in [0, 0.05) is 25.8 Å². The molecule has 0 bridgehead atoms. The second-order valence-electron chi connectivity index (χ2n) is 6.29. The van der Waals surface area contributed by atoms with E-state index in [1.807, 2.05) is 13.8 Å². The van der Waals surface area contributed by atoms with Crippen LogP contribution in [0.2, 0.25) is 0 Å². The lowest BCUT2D eigenvalue weighted by molar-refractivity contribution is -0.142. The number of carbonyl (C=O) groups is 2. The SMILES string of the molecule is COCCNS(=O)(=O)c1cccc(C(=O)NCC(CC(C)C)C(=O)O)c1. The average Bonchev–Trinajstić information content (AvgIpc) is 2.58. The van der Waals surface area contributed by atoms with E-state index in [-0.39, 0.29) is 36.1 Å². The molecule has 0 aliphatic carbocycles. The number of carboxylic acids is 1. The summed E-state index contributed by atoms with van der Waals surface area (Å²) in [5, 5.41) is 11.8. The lowest BCUT2D eigenvalue weighted by Gasteiger charge is -2.15. The molecule has 3 N–H and O–H groups in total. The molecule has 0 aliphatic rings. The molecule has 9 heteroatoms. The van der Waals surface area contributed by atoms with E-state index in [1.54, 1.807) is 0 Å². The van der Waals surface area contributed by atoms with Gasteiger partial charge in [0.05, 0.1) is 17.4 Å². The Morgan fingerprint density at radius 1 is 1.27 bits per heavy atom. The molecule has 1 rings (SSSR count). The Labute approximate surface area is 154 Å². The summed E-state index contributed by atoms with van der Waals surface area (Å²) in [6.45, 7) is 4.14. The second kappa shape index (κ2) is 10.2. The highest BCUT2D eigenvalue weighted by atomic mass is 32.2. The van der Waals surface area contributed by atoms with Gasteiger partial charge in [-0.2, -0.15) is 0 Å². The molecule has 26 heavy (non-hydrogen) atoms. The number of aliphatic carboxylic acids is 1. The summed E-state index contributed by atoms with van der Waals surface area (Å²) in [7, 11) is -2.29. The first-order valence-electron chi connectivity index (χ1n) is 8.27. The van der Waals surface area contributed by atoms with Gasteiger partial charge in [-0.15, -0.1) is 0 Å². The van der Waals surface area contributed by atoms with Crippen LogP contribution in [0.3, 0.4) is 0 Å². The first kappa shape index (κ1) is 22.1. The summed E-state index contributed by atoms with van der Waals surface area (Å²) in [6, 6.07) is 5.57. The Bertz CT molecular complexity index is 718. The summed E-state index contributed by atoms with van der Waals surface area (Å²) in [5.41, 5.74) is 0.147. The fourth-order valence-corrected chi connectivity index (χ4v) is 3.38. The van der Waals surface area contributed by atoms with Gasteiger partial charge in [0.15, 0.2) is 0 Å². The molecule has 0 spiro atoms. The van der Waals surface area contributed by atoms with E-state index < -0.39 is 27.8 Å². The van der Waals surface area contributed by atoms with Crippen LogP contribution in [-0.4, -0.2) is 52.2 Å². The molecule has 146 valence electrons. The summed E-state index contributed by atoms with van der Waals surface area (Å²) in [6.07, 6.45) is 0.438. The van der Waals surface area contributed by atoms with Gasteiger partial charge in [-0.05, 0) is 30.5 Å². The van der Waals surface area contributed by atoms with E-state index in [4.69, 9.17) is 4.74 Å². The molecule has 0 saturated carbocycles. The summed E-state index contributed by atoms with van der Waals surface area (Å²) in [4.78, 5) is 23.5. The number of sulfonamides is 1. The van der Waals surface area contributed by atoms with E-state index in [0.29, 0.717) is 6.42 Å². The van der Waals surface area contributed by atoms with Gasteiger partial charge in [0.2, 0.25) is 10.0 Å². The summed E-state index contributed by atoms with van der Waals surface area (Å²) in [5.74, 6) is -2.01. The number of carbonyl (C=O) groups excluding carboxylic acids is 1. The van der Waals surface area contributed by atoms with Crippen LogP contribution < -0.4 is 10.0 Å². The van der Waals surface area contributed by atoms with Crippen LogP contribution in [0.15, 0.2) is 29.2 Å². The van der Waals surface area contributed by atoms with Gasteiger partial charge in [0.25, 0.3) is 5.91 Å². The van der Waals surface area contributed by atoms with Crippen LogP contribution in [0.4, 0.5) is 0 Å². The number of rotatable bonds is 11. The molecule has 0 fully saturated rings. The minimum Gasteiger partial charge on any atom is -0.481 e. The summed E-state index contributed by atoms with van der Waals surface area (Å²) < 4.78 is 31.5. The van der Waals surface area contributed by atoms with Crippen LogP contribution in [0, 0.1) is 11.8 Å². The number of ether oxygens (including phenoxy) is 1. The standard InChI is InChI=1S/C17H26N2O6S/c1-12(2)9-14(17(21)22)11-18-16(20)13-5-4-6-15(10-13)26(23,24)19-7-8-25-3/h4-6,10,12,14,19H,7-9,11H2,1-3H3,(H,18,20)(H,21,22). The molecule has 0 aromatic heterocycles. The van der Waals surface area contributed by atoms with Crippen molar-refractivity contribution in [1.29, 1.82) is 0 Å². The number of carboxylic acid groups (broad SMARTS) is 1. The fourth-order valence-electron chi connectivity index (χ4n) is 2.32. The second-order valence-corrected chi connectivity index (χ2v) is 8.06. The topological polar surface area (TPSA) is 122 Å². The predicted molar refractivity (Wildman–Crippen MR) is 96.4 cm³/mol. The minimum atomic E-state index is -3.75. The highest BCUT2D eigenvalue weighted by molar-refractivity contribution is 7.89. The first-order chi connectivity index (χ1) is 12.2. The predicted octanol–water partition coefficient (Wildman–Crippen LogP) is 1.09. The summed E-state index contributed by atoms with van der Waals surface area (Å²) >= 11 is 0. The van der Waals surface area contributed by atoms with Crippen molar-refractivity contribution in [3.63, 3.8) is 0 Å². The van der Waals surface area contributed by atoms with Crippen molar-refractivity contribution in [3.8, 4) is 0 Å². The number of hydrogen-bond donors (Lipinski definition) is 3. The third-order valence-electron chi connectivity index (χ3n) is 3.62. The van der Waals surface area contributed by atoms with E-state index in [2.05, 4.69) is 10.0 Å². The Morgan fingerprint density at radius 2 is 1.96 bits per heavy atom. The number of benzene rings is 1. The third kappa shape index (κ3) is 7.11. The molecular formula is C17H26N2O6S. The minimum absolute atomic E-state index is 0.0184. The van der Waals surface area contributed by atoms with Crippen molar-refractivity contribution >= 4 is 21.9 Å². The molecule has 0 aliphatic heterocycles.